The number of carbonyl (C=O) groups is 1. The van der Waals surface area contributed by atoms with Gasteiger partial charge in [-0.05, 0) is 61.9 Å². The third kappa shape index (κ3) is 2.70. The molecular formula is C22H26N4O2S. The minimum atomic E-state index is -0.895. The summed E-state index contributed by atoms with van der Waals surface area (Å²) in [5.74, 6) is 1.23. The number of hydrogen-bond acceptors (Lipinski definition) is 3. The lowest BCUT2D eigenvalue weighted by molar-refractivity contribution is -0.122. The van der Waals surface area contributed by atoms with Gasteiger partial charge in [0.1, 0.15) is 0 Å². The maximum Gasteiger partial charge on any atom is 0.237 e. The Kier molecular flexibility index (Phi) is 4.21. The molecule has 2 N–H and O–H groups in total. The molecule has 1 aliphatic carbocycles. The molecule has 6 nitrogen and oxygen atoms in total. The van der Waals surface area contributed by atoms with E-state index in [4.69, 9.17) is 0 Å². The van der Waals surface area contributed by atoms with Crippen LogP contribution in [0, 0.1) is 0 Å². The van der Waals surface area contributed by atoms with E-state index in [1.165, 1.54) is 16.5 Å². The van der Waals surface area contributed by atoms with Crippen molar-refractivity contribution in [2.45, 2.75) is 45.4 Å². The van der Waals surface area contributed by atoms with E-state index in [2.05, 4.69) is 27.3 Å². The van der Waals surface area contributed by atoms with E-state index in [1.54, 1.807) is 0 Å². The highest BCUT2D eigenvalue weighted by Crippen LogP contribution is 2.45. The van der Waals surface area contributed by atoms with Gasteiger partial charge in [0, 0.05) is 45.4 Å². The summed E-state index contributed by atoms with van der Waals surface area (Å²) in [6.07, 6.45) is 5.01. The van der Waals surface area contributed by atoms with Crippen LogP contribution in [0.3, 0.4) is 0 Å². The lowest BCUT2D eigenvalue weighted by Crippen LogP contribution is -2.38. The van der Waals surface area contributed by atoms with Gasteiger partial charge in [-0.3, -0.25) is 14.1 Å². The second-order valence-corrected chi connectivity index (χ2v) is 10.4. The van der Waals surface area contributed by atoms with Crippen molar-refractivity contribution in [2.75, 3.05) is 23.0 Å². The van der Waals surface area contributed by atoms with Gasteiger partial charge in [0.05, 0.1) is 23.0 Å². The van der Waals surface area contributed by atoms with Gasteiger partial charge in [0.2, 0.25) is 5.91 Å². The number of H-pyrrole nitrogens is 2. The van der Waals surface area contributed by atoms with Crippen LogP contribution in [0.15, 0.2) is 18.3 Å². The molecule has 0 saturated carbocycles. The van der Waals surface area contributed by atoms with Gasteiger partial charge >= 0.3 is 0 Å². The molecule has 3 heterocycles. The fraction of sp³-hybridized carbons (Fsp3) is 0.455. The van der Waals surface area contributed by atoms with Crippen molar-refractivity contribution in [3.8, 4) is 11.4 Å². The summed E-state index contributed by atoms with van der Waals surface area (Å²) in [7, 11) is -0.895. The van der Waals surface area contributed by atoms with Crippen LogP contribution in [-0.4, -0.2) is 43.3 Å². The Hall–Kier alpha value is -2.41. The highest BCUT2D eigenvalue weighted by molar-refractivity contribution is 7.84. The minimum absolute atomic E-state index is 0.0928. The van der Waals surface area contributed by atoms with Gasteiger partial charge in [-0.2, -0.15) is 5.10 Å². The zero-order valence-electron chi connectivity index (χ0n) is 17.1. The summed E-state index contributed by atoms with van der Waals surface area (Å²) in [5.41, 5.74) is 7.24. The number of aromatic nitrogens is 3. The number of fused-ring (bicyclic) bond motifs is 6. The van der Waals surface area contributed by atoms with Crippen LogP contribution in [0.4, 0.5) is 5.69 Å². The molecule has 0 radical (unpaired) electrons. The number of rotatable bonds is 4. The first-order valence-corrected chi connectivity index (χ1v) is 11.8. The molecule has 3 aromatic rings. The second kappa shape index (κ2) is 6.55. The lowest BCUT2D eigenvalue weighted by atomic mass is 9.85. The Morgan fingerprint density at radius 1 is 1.24 bits per heavy atom. The largest absolute Gasteiger partial charge is 0.353 e. The predicted molar refractivity (Wildman–Crippen MR) is 117 cm³/mol. The van der Waals surface area contributed by atoms with E-state index in [0.717, 1.165) is 47.4 Å². The van der Waals surface area contributed by atoms with Crippen molar-refractivity contribution in [3.63, 3.8) is 0 Å². The van der Waals surface area contributed by atoms with E-state index in [1.807, 2.05) is 31.9 Å². The molecule has 7 heteroatoms. The fourth-order valence-corrected chi connectivity index (χ4v) is 5.45. The van der Waals surface area contributed by atoms with E-state index in [-0.39, 0.29) is 5.91 Å². The molecule has 29 heavy (non-hydrogen) atoms. The first-order valence-electron chi connectivity index (χ1n) is 10.3. The van der Waals surface area contributed by atoms with E-state index in [0.29, 0.717) is 18.1 Å². The third-order valence-corrected chi connectivity index (χ3v) is 7.75. The van der Waals surface area contributed by atoms with Gasteiger partial charge in [0.15, 0.2) is 0 Å². The summed E-state index contributed by atoms with van der Waals surface area (Å²) in [4.78, 5) is 18.6. The molecular weight excluding hydrogens is 384 g/mol. The number of nitrogens with zero attached hydrogens (tertiary/aromatic N) is 2. The van der Waals surface area contributed by atoms with Crippen LogP contribution in [0.2, 0.25) is 0 Å². The summed E-state index contributed by atoms with van der Waals surface area (Å²) in [6, 6.07) is 4.31. The maximum atomic E-state index is 13.2. The number of benzene rings is 1. The number of nitrogens with one attached hydrogen (secondary N) is 2. The molecule has 152 valence electrons. The molecule has 1 aliphatic heterocycles. The summed E-state index contributed by atoms with van der Waals surface area (Å²) >= 11 is 0. The molecule has 1 atom stereocenters. The number of amides is 1. The van der Waals surface area contributed by atoms with Crippen molar-refractivity contribution < 1.29 is 9.00 Å². The molecule has 2 aromatic heterocycles. The number of aryl methyl sites for hydroxylation is 2. The van der Waals surface area contributed by atoms with Crippen molar-refractivity contribution in [2.24, 2.45) is 0 Å². The summed E-state index contributed by atoms with van der Waals surface area (Å²) in [5, 5.41) is 8.58. The van der Waals surface area contributed by atoms with Gasteiger partial charge in [-0.25, -0.2) is 0 Å². The molecule has 1 unspecified atom stereocenters. The summed E-state index contributed by atoms with van der Waals surface area (Å²) < 4.78 is 12.0. The Morgan fingerprint density at radius 3 is 2.86 bits per heavy atom. The third-order valence-electron chi connectivity index (χ3n) is 6.47. The topological polar surface area (TPSA) is 81.8 Å². The average molecular weight is 411 g/mol. The monoisotopic (exact) mass is 410 g/mol. The van der Waals surface area contributed by atoms with Gasteiger partial charge in [-0.15, -0.1) is 0 Å². The van der Waals surface area contributed by atoms with Crippen molar-refractivity contribution in [3.05, 3.63) is 35.0 Å². The SMILES string of the molecule is CCS(=O)CCN1C(=O)C(C)(C)c2cc3[nH]c4c(c3cc21)CCCc1cn[nH]c1-4. The fourth-order valence-electron chi connectivity index (χ4n) is 4.78. The zero-order valence-corrected chi connectivity index (χ0v) is 17.9. The van der Waals surface area contributed by atoms with Crippen molar-refractivity contribution >= 4 is 33.3 Å². The molecule has 0 spiro atoms. The van der Waals surface area contributed by atoms with Crippen LogP contribution in [0.1, 0.15) is 43.9 Å². The first-order chi connectivity index (χ1) is 13.9. The molecule has 0 bridgehead atoms. The Labute approximate surface area is 172 Å². The van der Waals surface area contributed by atoms with Crippen LogP contribution in [0.5, 0.6) is 0 Å². The van der Waals surface area contributed by atoms with E-state index < -0.39 is 16.2 Å². The van der Waals surface area contributed by atoms with Crippen LogP contribution in [-0.2, 0) is 33.9 Å². The van der Waals surface area contributed by atoms with Crippen LogP contribution in [0.25, 0.3) is 22.3 Å². The molecule has 0 saturated heterocycles. The molecule has 0 fully saturated rings. The molecule has 5 rings (SSSR count). The zero-order chi connectivity index (χ0) is 20.3. The van der Waals surface area contributed by atoms with Gasteiger partial charge < -0.3 is 9.88 Å². The quantitative estimate of drug-likeness (QED) is 0.691. The standard InChI is InChI=1S/C22H26N4O2S/c1-4-29(28)9-8-26-18-10-15-14-7-5-6-13-12-23-25-19(13)20(14)24-17(15)11-16(18)22(2,3)21(26)27/h10-12,24H,4-9H2,1-3H3,(H,23,25). The summed E-state index contributed by atoms with van der Waals surface area (Å²) in [6.45, 7) is 6.38. The highest BCUT2D eigenvalue weighted by Gasteiger charge is 2.44. The number of anilines is 1. The number of carbonyl (C=O) groups excluding carboxylic acids is 1. The van der Waals surface area contributed by atoms with Crippen molar-refractivity contribution in [1.29, 1.82) is 0 Å². The van der Waals surface area contributed by atoms with E-state index >= 15 is 0 Å². The minimum Gasteiger partial charge on any atom is -0.353 e. The van der Waals surface area contributed by atoms with Gasteiger partial charge in [-0.1, -0.05) is 6.92 Å². The maximum absolute atomic E-state index is 13.2. The van der Waals surface area contributed by atoms with Crippen LogP contribution >= 0.6 is 0 Å². The lowest BCUT2D eigenvalue weighted by Gasteiger charge is -2.20. The Bertz CT molecular complexity index is 1160. The predicted octanol–water partition coefficient (Wildman–Crippen LogP) is 3.44. The molecule has 1 aromatic carbocycles. The van der Waals surface area contributed by atoms with Crippen LogP contribution < -0.4 is 4.90 Å². The Balaban J connectivity index is 1.66. The molecule has 2 aliphatic rings. The van der Waals surface area contributed by atoms with Gasteiger partial charge in [0.25, 0.3) is 0 Å². The van der Waals surface area contributed by atoms with Crippen molar-refractivity contribution in [1.82, 2.24) is 15.2 Å². The normalized spacial score (nSPS) is 18.4. The highest BCUT2D eigenvalue weighted by atomic mass is 32.2. The average Bonchev–Trinajstić information content (AvgIpc) is 3.32. The first kappa shape index (κ1) is 18.6. The molecule has 1 amide bonds. The smallest absolute Gasteiger partial charge is 0.237 e. The Morgan fingerprint density at radius 2 is 2.07 bits per heavy atom. The number of aromatic amines is 2. The second-order valence-electron chi connectivity index (χ2n) is 8.53. The van der Waals surface area contributed by atoms with E-state index in [9.17, 15) is 9.00 Å². The number of hydrogen-bond donors (Lipinski definition) is 2.